The Kier molecular flexibility index (Phi) is 7.74. The number of hydrogen-bond acceptors (Lipinski definition) is 1. The highest BCUT2D eigenvalue weighted by atomic mass is 79.9. The van der Waals surface area contributed by atoms with Crippen molar-refractivity contribution >= 4 is 21.8 Å². The molecule has 0 saturated heterocycles. The fourth-order valence-electron chi connectivity index (χ4n) is 1.85. The number of hydrogen-bond donors (Lipinski definition) is 0. The first kappa shape index (κ1) is 15.2. The average molecular weight is 312 g/mol. The van der Waals surface area contributed by atoms with Crippen LogP contribution in [0.2, 0.25) is 0 Å². The minimum absolute atomic E-state index is 0.268. The lowest BCUT2D eigenvalue weighted by molar-refractivity contribution is -0.130. The molecule has 0 aliphatic heterocycles. The molecule has 0 aromatic heterocycles. The quantitative estimate of drug-likeness (QED) is 0.530. The molecular formula is C15H22BrNO. The fourth-order valence-corrected chi connectivity index (χ4v) is 2.25. The highest BCUT2D eigenvalue weighted by Crippen LogP contribution is 2.05. The van der Waals surface area contributed by atoms with Crippen LogP contribution in [0.3, 0.4) is 0 Å². The van der Waals surface area contributed by atoms with E-state index in [1.165, 1.54) is 5.56 Å². The van der Waals surface area contributed by atoms with Crippen LogP contribution in [0, 0.1) is 0 Å². The van der Waals surface area contributed by atoms with E-state index in [4.69, 9.17) is 0 Å². The Hall–Kier alpha value is -0.830. The smallest absolute Gasteiger partial charge is 0.222 e. The Balaban J connectivity index is 2.16. The van der Waals surface area contributed by atoms with E-state index in [-0.39, 0.29) is 5.91 Å². The fraction of sp³-hybridized carbons (Fsp3) is 0.533. The monoisotopic (exact) mass is 311 g/mol. The number of carbonyl (C=O) groups is 1. The average Bonchev–Trinajstić information content (AvgIpc) is 2.40. The normalized spacial score (nSPS) is 10.3. The van der Waals surface area contributed by atoms with E-state index in [0.29, 0.717) is 6.42 Å². The van der Waals surface area contributed by atoms with Crippen LogP contribution >= 0.6 is 15.9 Å². The number of carbonyl (C=O) groups excluding carboxylic acids is 1. The first-order valence-corrected chi connectivity index (χ1v) is 7.70. The van der Waals surface area contributed by atoms with Gasteiger partial charge in [0.15, 0.2) is 0 Å². The lowest BCUT2D eigenvalue weighted by Gasteiger charge is -2.17. The van der Waals surface area contributed by atoms with Gasteiger partial charge in [0, 0.05) is 25.3 Å². The summed E-state index contributed by atoms with van der Waals surface area (Å²) < 4.78 is 0. The molecule has 0 radical (unpaired) electrons. The van der Waals surface area contributed by atoms with E-state index in [1.807, 2.05) is 18.0 Å². The number of amides is 1. The van der Waals surface area contributed by atoms with Crippen LogP contribution < -0.4 is 0 Å². The van der Waals surface area contributed by atoms with E-state index >= 15 is 0 Å². The Bertz CT molecular complexity index is 340. The zero-order chi connectivity index (χ0) is 13.2. The Labute approximate surface area is 119 Å². The molecule has 0 N–H and O–H groups in total. The third-order valence-electron chi connectivity index (χ3n) is 3.00. The molecule has 0 bridgehead atoms. The zero-order valence-electron chi connectivity index (χ0n) is 11.1. The van der Waals surface area contributed by atoms with Gasteiger partial charge in [0.1, 0.15) is 0 Å². The van der Waals surface area contributed by atoms with Gasteiger partial charge in [-0.15, -0.1) is 0 Å². The topological polar surface area (TPSA) is 20.3 Å². The first-order chi connectivity index (χ1) is 8.74. The summed E-state index contributed by atoms with van der Waals surface area (Å²) in [6, 6.07) is 10.4. The van der Waals surface area contributed by atoms with Crippen LogP contribution in [0.15, 0.2) is 30.3 Å². The van der Waals surface area contributed by atoms with Gasteiger partial charge in [0.2, 0.25) is 5.91 Å². The van der Waals surface area contributed by atoms with E-state index in [9.17, 15) is 4.79 Å². The van der Waals surface area contributed by atoms with E-state index in [1.54, 1.807) is 0 Å². The molecule has 0 aliphatic rings. The molecule has 3 heteroatoms. The van der Waals surface area contributed by atoms with Gasteiger partial charge in [-0.2, -0.15) is 0 Å². The summed E-state index contributed by atoms with van der Waals surface area (Å²) in [5.74, 6) is 0.268. The lowest BCUT2D eigenvalue weighted by atomic mass is 10.1. The number of alkyl halides is 1. The molecule has 0 atom stereocenters. The summed E-state index contributed by atoms with van der Waals surface area (Å²) in [6.07, 6.45) is 4.80. The predicted octanol–water partition coefficient (Wildman–Crippen LogP) is 3.64. The Morgan fingerprint density at radius 1 is 1.17 bits per heavy atom. The highest BCUT2D eigenvalue weighted by Gasteiger charge is 2.07. The van der Waals surface area contributed by atoms with Crippen LogP contribution in [0.4, 0.5) is 0 Å². The number of rotatable bonds is 8. The number of halogens is 1. The first-order valence-electron chi connectivity index (χ1n) is 6.58. The molecule has 0 spiro atoms. The summed E-state index contributed by atoms with van der Waals surface area (Å²) in [4.78, 5) is 13.6. The number of aryl methyl sites for hydroxylation is 1. The summed E-state index contributed by atoms with van der Waals surface area (Å²) in [5.41, 5.74) is 1.35. The second kappa shape index (κ2) is 9.15. The van der Waals surface area contributed by atoms with Crippen LogP contribution in [0.5, 0.6) is 0 Å². The van der Waals surface area contributed by atoms with Crippen molar-refractivity contribution in [3.05, 3.63) is 35.9 Å². The maximum atomic E-state index is 11.8. The largest absolute Gasteiger partial charge is 0.346 e. The molecule has 100 valence electrons. The molecule has 1 aromatic rings. The van der Waals surface area contributed by atoms with E-state index in [0.717, 1.165) is 37.6 Å². The third-order valence-corrected chi connectivity index (χ3v) is 3.56. The van der Waals surface area contributed by atoms with Gasteiger partial charge in [-0.05, 0) is 31.2 Å². The number of unbranched alkanes of at least 4 members (excludes halogenated alkanes) is 1. The molecular weight excluding hydrogens is 290 g/mol. The maximum absolute atomic E-state index is 11.8. The summed E-state index contributed by atoms with van der Waals surface area (Å²) in [7, 11) is 1.90. The minimum Gasteiger partial charge on any atom is -0.346 e. The summed E-state index contributed by atoms with van der Waals surface area (Å²) in [6.45, 7) is 0.849. The van der Waals surface area contributed by atoms with Gasteiger partial charge in [-0.25, -0.2) is 0 Å². The van der Waals surface area contributed by atoms with Crippen molar-refractivity contribution in [3.63, 3.8) is 0 Å². The van der Waals surface area contributed by atoms with E-state index < -0.39 is 0 Å². The molecule has 0 saturated carbocycles. The van der Waals surface area contributed by atoms with Crippen molar-refractivity contribution in [2.45, 2.75) is 32.1 Å². The maximum Gasteiger partial charge on any atom is 0.222 e. The summed E-state index contributed by atoms with van der Waals surface area (Å²) in [5, 5.41) is 0.984. The lowest BCUT2D eigenvalue weighted by Crippen LogP contribution is -2.27. The molecule has 1 amide bonds. The second-order valence-corrected chi connectivity index (χ2v) is 5.34. The molecule has 1 aromatic carbocycles. The van der Waals surface area contributed by atoms with Crippen molar-refractivity contribution in [1.29, 1.82) is 0 Å². The summed E-state index contributed by atoms with van der Waals surface area (Å²) >= 11 is 3.38. The van der Waals surface area contributed by atoms with E-state index in [2.05, 4.69) is 40.2 Å². The molecule has 0 unspecified atom stereocenters. The van der Waals surface area contributed by atoms with Crippen molar-refractivity contribution in [1.82, 2.24) is 4.90 Å². The number of nitrogens with zero attached hydrogens (tertiary/aromatic N) is 1. The molecule has 0 heterocycles. The van der Waals surface area contributed by atoms with Crippen molar-refractivity contribution in [3.8, 4) is 0 Å². The molecule has 1 rings (SSSR count). The Morgan fingerprint density at radius 2 is 1.89 bits per heavy atom. The highest BCUT2D eigenvalue weighted by molar-refractivity contribution is 9.09. The molecule has 2 nitrogen and oxygen atoms in total. The van der Waals surface area contributed by atoms with Gasteiger partial charge in [0.25, 0.3) is 0 Å². The van der Waals surface area contributed by atoms with Crippen molar-refractivity contribution < 1.29 is 4.79 Å². The van der Waals surface area contributed by atoms with Crippen LogP contribution in [-0.4, -0.2) is 29.7 Å². The standard InChI is InChI=1S/C15H22BrNO/c1-17(15(18)11-5-6-12-16)13-7-10-14-8-3-2-4-9-14/h2-4,8-9H,5-7,10-13H2,1H3. The van der Waals surface area contributed by atoms with Crippen LogP contribution in [0.1, 0.15) is 31.2 Å². The van der Waals surface area contributed by atoms with Gasteiger partial charge in [0.05, 0.1) is 0 Å². The van der Waals surface area contributed by atoms with Crippen molar-refractivity contribution in [2.75, 3.05) is 18.9 Å². The van der Waals surface area contributed by atoms with Crippen LogP contribution in [0.25, 0.3) is 0 Å². The second-order valence-electron chi connectivity index (χ2n) is 4.55. The van der Waals surface area contributed by atoms with Gasteiger partial charge in [-0.1, -0.05) is 46.3 Å². The van der Waals surface area contributed by atoms with Crippen LogP contribution in [-0.2, 0) is 11.2 Å². The Morgan fingerprint density at radius 3 is 2.56 bits per heavy atom. The minimum atomic E-state index is 0.268. The van der Waals surface area contributed by atoms with Gasteiger partial charge >= 0.3 is 0 Å². The molecule has 0 aliphatic carbocycles. The van der Waals surface area contributed by atoms with Gasteiger partial charge < -0.3 is 4.90 Å². The van der Waals surface area contributed by atoms with Gasteiger partial charge in [-0.3, -0.25) is 4.79 Å². The molecule has 18 heavy (non-hydrogen) atoms. The third kappa shape index (κ3) is 6.20. The SMILES string of the molecule is CN(CCCc1ccccc1)C(=O)CCCCBr. The zero-order valence-corrected chi connectivity index (χ0v) is 12.7. The number of benzene rings is 1. The molecule has 0 fully saturated rings. The van der Waals surface area contributed by atoms with Crippen molar-refractivity contribution in [2.24, 2.45) is 0 Å². The predicted molar refractivity (Wildman–Crippen MR) is 80.0 cm³/mol.